The highest BCUT2D eigenvalue weighted by molar-refractivity contribution is 8.13. The van der Waals surface area contributed by atoms with E-state index in [1.54, 1.807) is 6.92 Å². The number of thioether (sulfide) groups is 1. The van der Waals surface area contributed by atoms with Crippen LogP contribution in [0.25, 0.3) is 0 Å². The van der Waals surface area contributed by atoms with E-state index in [1.807, 2.05) is 0 Å². The Kier molecular flexibility index (Phi) is 8.96. The Labute approximate surface area is 199 Å². The minimum Gasteiger partial charge on any atom is -0.468 e. The first-order valence-electron chi connectivity index (χ1n) is 9.89. The number of esters is 3. The molecule has 1 aromatic rings. The van der Waals surface area contributed by atoms with Gasteiger partial charge in [0.05, 0.1) is 43.3 Å². The first-order valence-corrected chi connectivity index (χ1v) is 10.9. The van der Waals surface area contributed by atoms with Gasteiger partial charge in [-0.25, -0.2) is 9.59 Å². The van der Waals surface area contributed by atoms with E-state index in [0.29, 0.717) is 0 Å². The van der Waals surface area contributed by atoms with Gasteiger partial charge in [0.2, 0.25) is 0 Å². The van der Waals surface area contributed by atoms with E-state index < -0.39 is 28.7 Å². The number of methoxy groups -OCH3 is 3. The highest BCUT2D eigenvalue weighted by Crippen LogP contribution is 2.44. The number of nitro benzene ring substituents is 1. The average molecular weight is 493 g/mol. The average Bonchev–Trinajstić information content (AvgIpc) is 2.82. The predicted molar refractivity (Wildman–Crippen MR) is 121 cm³/mol. The van der Waals surface area contributed by atoms with Crippen molar-refractivity contribution in [2.24, 2.45) is 0 Å². The SMILES string of the molecule is COC(=O)CN1C(C)=C(C(=O)OC)C(c2cccc([N+](=O)[O-])c2)C(C(=O)OC)=C1CSC(C)=O. The van der Waals surface area contributed by atoms with Crippen molar-refractivity contribution in [2.75, 3.05) is 33.6 Å². The molecular formula is C22H24N2O9S. The second kappa shape index (κ2) is 11.5. The second-order valence-corrected chi connectivity index (χ2v) is 8.22. The zero-order valence-corrected chi connectivity index (χ0v) is 20.1. The third-order valence-corrected chi connectivity index (χ3v) is 5.99. The predicted octanol–water partition coefficient (Wildman–Crippen LogP) is 2.32. The van der Waals surface area contributed by atoms with Gasteiger partial charge in [0.1, 0.15) is 6.54 Å². The molecule has 0 N–H and O–H groups in total. The number of nitro groups is 1. The molecule has 1 heterocycles. The molecule has 182 valence electrons. The Hall–Kier alpha value is -3.67. The largest absolute Gasteiger partial charge is 0.468 e. The molecule has 0 aliphatic carbocycles. The molecule has 1 unspecified atom stereocenters. The fourth-order valence-electron chi connectivity index (χ4n) is 3.62. The summed E-state index contributed by atoms with van der Waals surface area (Å²) in [5.74, 6) is -3.44. The first kappa shape index (κ1) is 26.6. The molecule has 1 aliphatic heterocycles. The van der Waals surface area contributed by atoms with Gasteiger partial charge in [0.15, 0.2) is 5.12 Å². The van der Waals surface area contributed by atoms with Gasteiger partial charge in [-0.3, -0.25) is 19.7 Å². The van der Waals surface area contributed by atoms with Crippen LogP contribution in [0.5, 0.6) is 0 Å². The van der Waals surface area contributed by atoms with Crippen LogP contribution >= 0.6 is 11.8 Å². The summed E-state index contributed by atoms with van der Waals surface area (Å²) in [5, 5.41) is 11.1. The van der Waals surface area contributed by atoms with Gasteiger partial charge in [-0.15, -0.1) is 0 Å². The van der Waals surface area contributed by atoms with Crippen LogP contribution in [-0.2, 0) is 33.4 Å². The van der Waals surface area contributed by atoms with E-state index in [1.165, 1.54) is 43.2 Å². The molecule has 1 aromatic carbocycles. The molecule has 12 heteroatoms. The molecule has 0 aromatic heterocycles. The molecule has 2 rings (SSSR count). The lowest BCUT2D eigenvalue weighted by molar-refractivity contribution is -0.384. The number of allylic oxidation sites excluding steroid dienone is 1. The molecule has 0 saturated heterocycles. The number of non-ortho nitro benzene ring substituents is 1. The molecule has 34 heavy (non-hydrogen) atoms. The maximum absolute atomic E-state index is 13.1. The maximum atomic E-state index is 13.1. The smallest absolute Gasteiger partial charge is 0.336 e. The number of hydrogen-bond donors (Lipinski definition) is 0. The van der Waals surface area contributed by atoms with Crippen LogP contribution < -0.4 is 0 Å². The zero-order chi connectivity index (χ0) is 25.6. The zero-order valence-electron chi connectivity index (χ0n) is 19.3. The summed E-state index contributed by atoms with van der Waals surface area (Å²) in [6.45, 7) is 2.53. The van der Waals surface area contributed by atoms with Crippen LogP contribution in [0.1, 0.15) is 25.3 Å². The minimum atomic E-state index is -1.11. The Morgan fingerprint density at radius 1 is 1.06 bits per heavy atom. The Morgan fingerprint density at radius 2 is 1.68 bits per heavy atom. The fourth-order valence-corrected chi connectivity index (χ4v) is 4.27. The first-order chi connectivity index (χ1) is 16.1. The topological polar surface area (TPSA) is 142 Å². The van der Waals surface area contributed by atoms with Crippen molar-refractivity contribution in [3.05, 3.63) is 62.5 Å². The van der Waals surface area contributed by atoms with Crippen molar-refractivity contribution >= 4 is 40.5 Å². The second-order valence-electron chi connectivity index (χ2n) is 7.07. The third kappa shape index (κ3) is 5.63. The standard InChI is InChI=1S/C22H24N2O9S/c1-12-18(21(27)32-4)19(14-7-6-8-15(9-14)24(29)30)20(22(28)33-5)16(11-34-13(2)25)23(12)10-17(26)31-3/h6-9,19H,10-11H2,1-5H3. The Bertz CT molecular complexity index is 1090. The molecule has 1 aliphatic rings. The quantitative estimate of drug-likeness (QED) is 0.228. The van der Waals surface area contributed by atoms with E-state index in [-0.39, 0.29) is 51.2 Å². The molecule has 0 amide bonds. The van der Waals surface area contributed by atoms with Crippen LogP contribution in [0.2, 0.25) is 0 Å². The number of carbonyl (C=O) groups excluding carboxylic acids is 4. The monoisotopic (exact) mass is 492 g/mol. The van der Waals surface area contributed by atoms with Gasteiger partial charge in [0, 0.05) is 36.2 Å². The van der Waals surface area contributed by atoms with Crippen LogP contribution in [-0.4, -0.2) is 66.5 Å². The van der Waals surface area contributed by atoms with Crippen molar-refractivity contribution in [2.45, 2.75) is 19.8 Å². The molecule has 11 nitrogen and oxygen atoms in total. The van der Waals surface area contributed by atoms with Crippen LogP contribution in [0.4, 0.5) is 5.69 Å². The number of ether oxygens (including phenoxy) is 3. The number of benzene rings is 1. The molecule has 0 fully saturated rings. The highest BCUT2D eigenvalue weighted by Gasteiger charge is 2.42. The summed E-state index contributed by atoms with van der Waals surface area (Å²) in [7, 11) is 3.48. The summed E-state index contributed by atoms with van der Waals surface area (Å²) < 4.78 is 14.7. The fraction of sp³-hybridized carbons (Fsp3) is 0.364. The molecule has 0 spiro atoms. The van der Waals surface area contributed by atoms with E-state index in [4.69, 9.17) is 14.2 Å². The Morgan fingerprint density at radius 3 is 2.21 bits per heavy atom. The lowest BCUT2D eigenvalue weighted by Gasteiger charge is -2.38. The van der Waals surface area contributed by atoms with Crippen LogP contribution in [0.15, 0.2) is 46.8 Å². The van der Waals surface area contributed by atoms with Crippen molar-refractivity contribution < 1.29 is 38.3 Å². The number of hydrogen-bond acceptors (Lipinski definition) is 11. The van der Waals surface area contributed by atoms with E-state index >= 15 is 0 Å². The van der Waals surface area contributed by atoms with Gasteiger partial charge in [0.25, 0.3) is 5.69 Å². The van der Waals surface area contributed by atoms with Crippen LogP contribution in [0.3, 0.4) is 0 Å². The summed E-state index contributed by atoms with van der Waals surface area (Å²) >= 11 is 0.885. The summed E-state index contributed by atoms with van der Waals surface area (Å²) in [4.78, 5) is 62.1. The molecule has 0 radical (unpaired) electrons. The molecule has 0 saturated carbocycles. The van der Waals surface area contributed by atoms with Gasteiger partial charge >= 0.3 is 17.9 Å². The Balaban J connectivity index is 2.92. The van der Waals surface area contributed by atoms with Gasteiger partial charge < -0.3 is 19.1 Å². The minimum absolute atomic E-state index is 0.0103. The summed E-state index contributed by atoms with van der Waals surface area (Å²) in [6.07, 6.45) is 0. The lowest BCUT2D eigenvalue weighted by Crippen LogP contribution is -2.39. The molecule has 0 bridgehead atoms. The van der Waals surface area contributed by atoms with Gasteiger partial charge in [-0.2, -0.15) is 0 Å². The van der Waals surface area contributed by atoms with E-state index in [0.717, 1.165) is 26.0 Å². The summed E-state index contributed by atoms with van der Waals surface area (Å²) in [6, 6.07) is 5.48. The summed E-state index contributed by atoms with van der Waals surface area (Å²) in [5.41, 5.74) is 0.452. The molecular weight excluding hydrogens is 468 g/mol. The highest BCUT2D eigenvalue weighted by atomic mass is 32.2. The van der Waals surface area contributed by atoms with Gasteiger partial charge in [-0.1, -0.05) is 23.9 Å². The lowest BCUT2D eigenvalue weighted by atomic mass is 9.79. The number of carbonyl (C=O) groups is 4. The van der Waals surface area contributed by atoms with E-state index in [9.17, 15) is 29.3 Å². The normalized spacial score (nSPS) is 15.7. The van der Waals surface area contributed by atoms with E-state index in [2.05, 4.69) is 0 Å². The van der Waals surface area contributed by atoms with Crippen molar-refractivity contribution in [1.29, 1.82) is 0 Å². The third-order valence-electron chi connectivity index (χ3n) is 5.16. The van der Waals surface area contributed by atoms with Crippen molar-refractivity contribution in [1.82, 2.24) is 4.90 Å². The van der Waals surface area contributed by atoms with Crippen molar-refractivity contribution in [3.63, 3.8) is 0 Å². The van der Waals surface area contributed by atoms with Gasteiger partial charge in [-0.05, 0) is 12.5 Å². The number of nitrogens with zero attached hydrogens (tertiary/aromatic N) is 2. The van der Waals surface area contributed by atoms with Crippen molar-refractivity contribution in [3.8, 4) is 0 Å². The number of rotatable bonds is 8. The van der Waals surface area contributed by atoms with Crippen LogP contribution in [0, 0.1) is 10.1 Å². The molecule has 1 atom stereocenters. The maximum Gasteiger partial charge on any atom is 0.336 e.